The molecule has 1 unspecified atom stereocenters. The lowest BCUT2D eigenvalue weighted by atomic mass is 10.1. The van der Waals surface area contributed by atoms with Gasteiger partial charge in [-0.15, -0.1) is 0 Å². The second kappa shape index (κ2) is 6.91. The van der Waals surface area contributed by atoms with Crippen LogP contribution in [0.1, 0.15) is 26.2 Å². The van der Waals surface area contributed by atoms with Gasteiger partial charge >= 0.3 is 0 Å². The SMILES string of the molecule is COc1cccc(NC(=O)CC(C)NCC2(CO)CC2)c1. The molecule has 1 aliphatic carbocycles. The van der Waals surface area contributed by atoms with Crippen molar-refractivity contribution in [1.29, 1.82) is 0 Å². The molecular weight excluding hydrogens is 268 g/mol. The average molecular weight is 292 g/mol. The summed E-state index contributed by atoms with van der Waals surface area (Å²) in [6, 6.07) is 7.39. The molecule has 0 heterocycles. The van der Waals surface area contributed by atoms with Gasteiger partial charge in [-0.1, -0.05) is 6.07 Å². The van der Waals surface area contributed by atoms with Crippen LogP contribution in [0.5, 0.6) is 5.75 Å². The summed E-state index contributed by atoms with van der Waals surface area (Å²) in [4.78, 5) is 12.0. The van der Waals surface area contributed by atoms with Gasteiger partial charge in [-0.3, -0.25) is 4.79 Å². The third-order valence-corrected chi connectivity index (χ3v) is 3.96. The van der Waals surface area contributed by atoms with Crippen molar-refractivity contribution in [3.8, 4) is 5.75 Å². The number of hydrogen-bond acceptors (Lipinski definition) is 4. The smallest absolute Gasteiger partial charge is 0.225 e. The predicted octanol–water partition coefficient (Wildman–Crippen LogP) is 1.77. The second-order valence-corrected chi connectivity index (χ2v) is 5.92. The Morgan fingerprint density at radius 1 is 1.48 bits per heavy atom. The zero-order valence-corrected chi connectivity index (χ0v) is 12.7. The molecule has 1 aromatic rings. The standard InChI is InChI=1S/C16H24N2O3/c1-12(17-10-16(11-19)6-7-16)8-15(20)18-13-4-3-5-14(9-13)21-2/h3-5,9,12,17,19H,6-8,10-11H2,1-2H3,(H,18,20). The van der Waals surface area contributed by atoms with Crippen molar-refractivity contribution in [3.05, 3.63) is 24.3 Å². The first kappa shape index (κ1) is 15.8. The Kier molecular flexibility index (Phi) is 5.20. The molecule has 1 atom stereocenters. The normalized spacial score (nSPS) is 17.1. The van der Waals surface area contributed by atoms with Gasteiger partial charge in [-0.2, -0.15) is 0 Å². The van der Waals surface area contributed by atoms with E-state index >= 15 is 0 Å². The molecular formula is C16H24N2O3. The summed E-state index contributed by atoms with van der Waals surface area (Å²) >= 11 is 0. The van der Waals surface area contributed by atoms with E-state index in [0.717, 1.165) is 30.8 Å². The van der Waals surface area contributed by atoms with Gasteiger partial charge in [0.1, 0.15) is 5.75 Å². The Morgan fingerprint density at radius 2 is 2.24 bits per heavy atom. The van der Waals surface area contributed by atoms with Crippen LogP contribution in [-0.4, -0.2) is 37.3 Å². The van der Waals surface area contributed by atoms with Crippen LogP contribution >= 0.6 is 0 Å². The number of hydrogen-bond donors (Lipinski definition) is 3. The fraction of sp³-hybridized carbons (Fsp3) is 0.562. The molecule has 0 aliphatic heterocycles. The van der Waals surface area contributed by atoms with Crippen LogP contribution in [0.15, 0.2) is 24.3 Å². The fourth-order valence-electron chi connectivity index (χ4n) is 2.22. The van der Waals surface area contributed by atoms with Crippen molar-refractivity contribution in [1.82, 2.24) is 5.32 Å². The Bertz CT molecular complexity index is 486. The molecule has 1 fully saturated rings. The van der Waals surface area contributed by atoms with Gasteiger partial charge < -0.3 is 20.5 Å². The number of aliphatic hydroxyl groups excluding tert-OH is 1. The summed E-state index contributed by atoms with van der Waals surface area (Å²) in [6.07, 6.45) is 2.54. The van der Waals surface area contributed by atoms with E-state index in [9.17, 15) is 9.90 Å². The molecule has 0 aromatic heterocycles. The summed E-state index contributed by atoms with van der Waals surface area (Å²) in [6.45, 7) is 2.98. The van der Waals surface area contributed by atoms with Crippen molar-refractivity contribution >= 4 is 11.6 Å². The quantitative estimate of drug-likeness (QED) is 0.683. The minimum absolute atomic E-state index is 0.0305. The summed E-state index contributed by atoms with van der Waals surface area (Å²) in [5.74, 6) is 0.690. The number of anilines is 1. The third-order valence-electron chi connectivity index (χ3n) is 3.96. The number of aliphatic hydroxyl groups is 1. The van der Waals surface area contributed by atoms with Crippen LogP contribution < -0.4 is 15.4 Å². The number of ether oxygens (including phenoxy) is 1. The molecule has 0 saturated heterocycles. The number of amides is 1. The van der Waals surface area contributed by atoms with Gasteiger partial charge in [-0.25, -0.2) is 0 Å². The second-order valence-electron chi connectivity index (χ2n) is 5.92. The number of rotatable bonds is 8. The Balaban J connectivity index is 1.75. The first-order valence-electron chi connectivity index (χ1n) is 7.35. The molecule has 3 N–H and O–H groups in total. The largest absolute Gasteiger partial charge is 0.497 e. The molecule has 1 amide bonds. The molecule has 21 heavy (non-hydrogen) atoms. The van der Waals surface area contributed by atoms with E-state index in [2.05, 4.69) is 10.6 Å². The van der Waals surface area contributed by atoms with Crippen molar-refractivity contribution < 1.29 is 14.6 Å². The number of benzene rings is 1. The lowest BCUT2D eigenvalue weighted by Gasteiger charge is -2.18. The molecule has 2 rings (SSSR count). The van der Waals surface area contributed by atoms with Gasteiger partial charge in [0.05, 0.1) is 7.11 Å². The van der Waals surface area contributed by atoms with Gasteiger partial charge in [0.25, 0.3) is 0 Å². The lowest BCUT2D eigenvalue weighted by molar-refractivity contribution is -0.116. The van der Waals surface area contributed by atoms with Crippen LogP contribution in [0.4, 0.5) is 5.69 Å². The third kappa shape index (κ3) is 4.72. The molecule has 1 saturated carbocycles. The highest BCUT2D eigenvalue weighted by molar-refractivity contribution is 5.91. The number of nitrogens with one attached hydrogen (secondary N) is 2. The van der Waals surface area contributed by atoms with Crippen LogP contribution in [0.25, 0.3) is 0 Å². The number of carbonyl (C=O) groups excluding carboxylic acids is 1. The van der Waals surface area contributed by atoms with Crippen LogP contribution in [-0.2, 0) is 4.79 Å². The average Bonchev–Trinajstić information content (AvgIpc) is 3.26. The van der Waals surface area contributed by atoms with E-state index in [1.165, 1.54) is 0 Å². The van der Waals surface area contributed by atoms with E-state index < -0.39 is 0 Å². The molecule has 1 aliphatic rings. The number of methoxy groups -OCH3 is 1. The van der Waals surface area contributed by atoms with E-state index in [0.29, 0.717) is 6.42 Å². The van der Waals surface area contributed by atoms with Gasteiger partial charge in [-0.05, 0) is 31.9 Å². The molecule has 0 radical (unpaired) electrons. The maximum atomic E-state index is 12.0. The highest BCUT2D eigenvalue weighted by Crippen LogP contribution is 2.44. The molecule has 0 spiro atoms. The van der Waals surface area contributed by atoms with E-state index in [1.807, 2.05) is 25.1 Å². The number of carbonyl (C=O) groups is 1. The van der Waals surface area contributed by atoms with Gasteiger partial charge in [0, 0.05) is 42.8 Å². The van der Waals surface area contributed by atoms with E-state index in [1.54, 1.807) is 13.2 Å². The minimum Gasteiger partial charge on any atom is -0.497 e. The van der Waals surface area contributed by atoms with Crippen molar-refractivity contribution in [2.75, 3.05) is 25.6 Å². The van der Waals surface area contributed by atoms with Crippen LogP contribution in [0, 0.1) is 5.41 Å². The Morgan fingerprint density at radius 3 is 2.86 bits per heavy atom. The van der Waals surface area contributed by atoms with Gasteiger partial charge in [0.15, 0.2) is 0 Å². The van der Waals surface area contributed by atoms with Crippen LogP contribution in [0.3, 0.4) is 0 Å². The molecule has 1 aromatic carbocycles. The first-order valence-corrected chi connectivity index (χ1v) is 7.35. The Labute approximate surface area is 125 Å². The van der Waals surface area contributed by atoms with Crippen LogP contribution in [0.2, 0.25) is 0 Å². The molecule has 0 bridgehead atoms. The monoisotopic (exact) mass is 292 g/mol. The van der Waals surface area contributed by atoms with E-state index in [-0.39, 0.29) is 24.0 Å². The highest BCUT2D eigenvalue weighted by atomic mass is 16.5. The van der Waals surface area contributed by atoms with E-state index in [4.69, 9.17) is 4.74 Å². The van der Waals surface area contributed by atoms with Crippen molar-refractivity contribution in [3.63, 3.8) is 0 Å². The zero-order chi connectivity index (χ0) is 15.3. The van der Waals surface area contributed by atoms with Gasteiger partial charge in [0.2, 0.25) is 5.91 Å². The lowest BCUT2D eigenvalue weighted by Crippen LogP contribution is -2.36. The fourth-order valence-corrected chi connectivity index (χ4v) is 2.22. The maximum Gasteiger partial charge on any atom is 0.225 e. The summed E-state index contributed by atoms with van der Waals surface area (Å²) in [5.41, 5.74) is 0.804. The topological polar surface area (TPSA) is 70.6 Å². The summed E-state index contributed by atoms with van der Waals surface area (Å²) in [7, 11) is 1.60. The molecule has 5 heteroatoms. The zero-order valence-electron chi connectivity index (χ0n) is 12.7. The predicted molar refractivity (Wildman–Crippen MR) is 82.5 cm³/mol. The molecule has 116 valence electrons. The maximum absolute atomic E-state index is 12.0. The summed E-state index contributed by atoms with van der Waals surface area (Å²) in [5, 5.41) is 15.5. The van der Waals surface area contributed by atoms with Crippen molar-refractivity contribution in [2.24, 2.45) is 5.41 Å². The molecule has 5 nitrogen and oxygen atoms in total. The van der Waals surface area contributed by atoms with Crippen molar-refractivity contribution in [2.45, 2.75) is 32.2 Å². The highest BCUT2D eigenvalue weighted by Gasteiger charge is 2.41. The minimum atomic E-state index is -0.0305. The summed E-state index contributed by atoms with van der Waals surface area (Å²) < 4.78 is 5.13. The first-order chi connectivity index (χ1) is 10.1. The Hall–Kier alpha value is -1.59.